The summed E-state index contributed by atoms with van der Waals surface area (Å²) in [6.07, 6.45) is 0.283. The summed E-state index contributed by atoms with van der Waals surface area (Å²) in [5, 5.41) is 7.62. The molecule has 0 aromatic rings. The highest BCUT2D eigenvalue weighted by Gasteiger charge is 2.24. The topological polar surface area (TPSA) is 79.2 Å². The molecule has 0 radical (unpaired) electrons. The molecule has 0 aromatic heterocycles. The molecule has 0 aliphatic carbocycles. The Morgan fingerprint density at radius 3 is 2.50 bits per heavy atom. The van der Waals surface area contributed by atoms with Crippen molar-refractivity contribution in [1.82, 2.24) is 4.72 Å². The summed E-state index contributed by atoms with van der Waals surface area (Å²) < 4.78 is 30.1. The van der Waals surface area contributed by atoms with Crippen LogP contribution in [0, 0.1) is 11.3 Å². The first kappa shape index (κ1) is 13.4. The van der Waals surface area contributed by atoms with Gasteiger partial charge in [0, 0.05) is 13.2 Å². The van der Waals surface area contributed by atoms with Crippen molar-refractivity contribution >= 4 is 10.0 Å². The quantitative estimate of drug-likeness (QED) is 0.695. The number of ether oxygens (including phenoxy) is 1. The van der Waals surface area contributed by atoms with Crippen molar-refractivity contribution in [3.8, 4) is 6.07 Å². The second-order valence-electron chi connectivity index (χ2n) is 3.05. The molecule has 2 unspecified atom stereocenters. The molecule has 5 nitrogen and oxygen atoms in total. The fraction of sp³-hybridized carbons (Fsp3) is 0.875. The van der Waals surface area contributed by atoms with Gasteiger partial charge in [-0.05, 0) is 13.3 Å². The zero-order chi connectivity index (χ0) is 11.2. The highest BCUT2D eigenvalue weighted by molar-refractivity contribution is 7.90. The Kier molecular flexibility index (Phi) is 5.69. The number of methoxy groups -OCH3 is 1. The lowest BCUT2D eigenvalue weighted by Gasteiger charge is -2.15. The summed E-state index contributed by atoms with van der Waals surface area (Å²) in [7, 11) is -2.04. The number of hydrogen-bond acceptors (Lipinski definition) is 4. The van der Waals surface area contributed by atoms with Crippen LogP contribution < -0.4 is 4.72 Å². The summed E-state index contributed by atoms with van der Waals surface area (Å²) >= 11 is 0. The SMILES string of the molecule is CCC(C#N)S(=O)(=O)NC(C)COC. The monoisotopic (exact) mass is 220 g/mol. The maximum absolute atomic E-state index is 11.5. The van der Waals surface area contributed by atoms with E-state index in [4.69, 9.17) is 10.00 Å². The van der Waals surface area contributed by atoms with Crippen molar-refractivity contribution in [2.45, 2.75) is 31.6 Å². The number of nitriles is 1. The van der Waals surface area contributed by atoms with Gasteiger partial charge in [-0.1, -0.05) is 6.92 Å². The van der Waals surface area contributed by atoms with E-state index < -0.39 is 15.3 Å². The third kappa shape index (κ3) is 4.05. The second-order valence-corrected chi connectivity index (χ2v) is 4.94. The molecule has 1 N–H and O–H groups in total. The largest absolute Gasteiger partial charge is 0.383 e. The summed E-state index contributed by atoms with van der Waals surface area (Å²) in [6.45, 7) is 3.64. The molecule has 2 atom stereocenters. The van der Waals surface area contributed by atoms with E-state index in [0.29, 0.717) is 6.61 Å². The molecule has 0 rings (SSSR count). The molecule has 6 heteroatoms. The van der Waals surface area contributed by atoms with Gasteiger partial charge >= 0.3 is 0 Å². The fourth-order valence-corrected chi connectivity index (χ4v) is 2.40. The normalized spacial score (nSPS) is 15.9. The zero-order valence-corrected chi connectivity index (χ0v) is 9.47. The van der Waals surface area contributed by atoms with Gasteiger partial charge < -0.3 is 4.74 Å². The first-order valence-electron chi connectivity index (χ1n) is 4.37. The van der Waals surface area contributed by atoms with Gasteiger partial charge in [0.05, 0.1) is 12.7 Å². The van der Waals surface area contributed by atoms with Crippen LogP contribution in [0.3, 0.4) is 0 Å². The van der Waals surface area contributed by atoms with E-state index in [9.17, 15) is 8.42 Å². The molecule has 0 bridgehead atoms. The lowest BCUT2D eigenvalue weighted by molar-refractivity contribution is 0.180. The molecule has 0 heterocycles. The Morgan fingerprint density at radius 2 is 2.14 bits per heavy atom. The smallest absolute Gasteiger partial charge is 0.228 e. The minimum Gasteiger partial charge on any atom is -0.383 e. The van der Waals surface area contributed by atoms with Crippen LogP contribution in [0.5, 0.6) is 0 Å². The first-order chi connectivity index (χ1) is 6.47. The predicted molar refractivity (Wildman–Crippen MR) is 53.1 cm³/mol. The van der Waals surface area contributed by atoms with Gasteiger partial charge in [0.2, 0.25) is 10.0 Å². The third-order valence-electron chi connectivity index (χ3n) is 1.67. The Balaban J connectivity index is 4.42. The molecule has 0 fully saturated rings. The van der Waals surface area contributed by atoms with Gasteiger partial charge in [-0.25, -0.2) is 13.1 Å². The van der Waals surface area contributed by atoms with Gasteiger partial charge in [0.15, 0.2) is 5.25 Å². The van der Waals surface area contributed by atoms with Crippen LogP contribution in [-0.4, -0.2) is 33.4 Å². The molecule has 14 heavy (non-hydrogen) atoms. The van der Waals surface area contributed by atoms with Crippen LogP contribution in [0.4, 0.5) is 0 Å². The minimum absolute atomic E-state index is 0.283. The summed E-state index contributed by atoms with van der Waals surface area (Å²) in [5.41, 5.74) is 0. The summed E-state index contributed by atoms with van der Waals surface area (Å²) in [4.78, 5) is 0. The van der Waals surface area contributed by atoms with Gasteiger partial charge in [0.25, 0.3) is 0 Å². The van der Waals surface area contributed by atoms with Crippen molar-refractivity contribution in [2.75, 3.05) is 13.7 Å². The number of hydrogen-bond donors (Lipinski definition) is 1. The van der Waals surface area contributed by atoms with Crippen LogP contribution in [0.25, 0.3) is 0 Å². The predicted octanol–water partition coefficient (Wildman–Crippen LogP) is 0.243. The van der Waals surface area contributed by atoms with Crippen molar-refractivity contribution in [3.05, 3.63) is 0 Å². The van der Waals surface area contributed by atoms with E-state index >= 15 is 0 Å². The van der Waals surface area contributed by atoms with Crippen molar-refractivity contribution < 1.29 is 13.2 Å². The fourth-order valence-electron chi connectivity index (χ4n) is 1.03. The molecule has 0 aromatic carbocycles. The van der Waals surface area contributed by atoms with Gasteiger partial charge in [0.1, 0.15) is 0 Å². The third-order valence-corrected chi connectivity index (χ3v) is 3.59. The Hall–Kier alpha value is -0.640. The Morgan fingerprint density at radius 1 is 1.57 bits per heavy atom. The van der Waals surface area contributed by atoms with Crippen LogP contribution in [-0.2, 0) is 14.8 Å². The van der Waals surface area contributed by atoms with Gasteiger partial charge in [-0.3, -0.25) is 0 Å². The summed E-state index contributed by atoms with van der Waals surface area (Å²) in [5.74, 6) is 0. The van der Waals surface area contributed by atoms with Crippen molar-refractivity contribution in [2.24, 2.45) is 0 Å². The number of rotatable bonds is 6. The van der Waals surface area contributed by atoms with E-state index in [-0.39, 0.29) is 12.5 Å². The Labute approximate surface area is 85.1 Å². The van der Waals surface area contributed by atoms with Crippen LogP contribution in [0.1, 0.15) is 20.3 Å². The maximum Gasteiger partial charge on any atom is 0.228 e. The van der Waals surface area contributed by atoms with E-state index in [1.165, 1.54) is 7.11 Å². The number of sulfonamides is 1. The molecular formula is C8H16N2O3S. The van der Waals surface area contributed by atoms with Gasteiger partial charge in [-0.2, -0.15) is 5.26 Å². The van der Waals surface area contributed by atoms with E-state index in [2.05, 4.69) is 4.72 Å². The highest BCUT2D eigenvalue weighted by atomic mass is 32.2. The molecule has 0 aliphatic heterocycles. The molecular weight excluding hydrogens is 204 g/mol. The Bertz CT molecular complexity index is 294. The van der Waals surface area contributed by atoms with E-state index in [0.717, 1.165) is 0 Å². The zero-order valence-electron chi connectivity index (χ0n) is 8.65. The van der Waals surface area contributed by atoms with Crippen LogP contribution in [0.15, 0.2) is 0 Å². The summed E-state index contributed by atoms with van der Waals surface area (Å²) in [6, 6.07) is 1.44. The van der Waals surface area contributed by atoms with Gasteiger partial charge in [-0.15, -0.1) is 0 Å². The lowest BCUT2D eigenvalue weighted by atomic mass is 10.4. The molecule has 0 amide bonds. The van der Waals surface area contributed by atoms with Crippen LogP contribution in [0.2, 0.25) is 0 Å². The van der Waals surface area contributed by atoms with E-state index in [1.807, 2.05) is 0 Å². The van der Waals surface area contributed by atoms with Crippen LogP contribution >= 0.6 is 0 Å². The first-order valence-corrected chi connectivity index (χ1v) is 5.92. The molecule has 0 saturated heterocycles. The average molecular weight is 220 g/mol. The molecule has 0 spiro atoms. The molecule has 0 saturated carbocycles. The maximum atomic E-state index is 11.5. The standard InChI is InChI=1S/C8H16N2O3S/c1-4-8(5-9)14(11,12)10-7(2)6-13-3/h7-8,10H,4,6H2,1-3H3. The van der Waals surface area contributed by atoms with E-state index in [1.54, 1.807) is 19.9 Å². The molecule has 82 valence electrons. The second kappa shape index (κ2) is 5.96. The minimum atomic E-state index is -3.54. The lowest BCUT2D eigenvalue weighted by Crippen LogP contribution is -2.40. The number of nitrogens with one attached hydrogen (secondary N) is 1. The average Bonchev–Trinajstić information content (AvgIpc) is 2.04. The highest BCUT2D eigenvalue weighted by Crippen LogP contribution is 2.03. The van der Waals surface area contributed by atoms with Crippen molar-refractivity contribution in [3.63, 3.8) is 0 Å². The number of nitrogens with zero attached hydrogens (tertiary/aromatic N) is 1. The molecule has 0 aliphatic rings. The van der Waals surface area contributed by atoms with Crippen molar-refractivity contribution in [1.29, 1.82) is 5.26 Å².